The number of rotatable bonds is 2. The lowest BCUT2D eigenvalue weighted by atomic mass is 10.1. The van der Waals surface area contributed by atoms with Crippen LogP contribution in [0.15, 0.2) is 18.2 Å². The monoisotopic (exact) mass is 273 g/mol. The van der Waals surface area contributed by atoms with Gasteiger partial charge < -0.3 is 10.6 Å². The second-order valence-corrected chi connectivity index (χ2v) is 6.11. The van der Waals surface area contributed by atoms with E-state index in [9.17, 15) is 4.79 Å². The molecule has 1 aromatic rings. The number of hydrogen-bond donors (Lipinski definition) is 1. The zero-order chi connectivity index (χ0) is 14.3. The highest BCUT2D eigenvalue weighted by molar-refractivity contribution is 5.99. The van der Waals surface area contributed by atoms with Gasteiger partial charge in [0.25, 0.3) is 0 Å². The highest BCUT2D eigenvalue weighted by Gasteiger charge is 2.34. The number of carbonyl (C=O) groups is 1. The molecule has 4 nitrogen and oxygen atoms in total. The van der Waals surface area contributed by atoms with Gasteiger partial charge in [-0.1, -0.05) is 0 Å². The molecule has 2 fully saturated rings. The van der Waals surface area contributed by atoms with Crippen LogP contribution >= 0.6 is 0 Å². The van der Waals surface area contributed by atoms with Crippen LogP contribution in [0.3, 0.4) is 0 Å². The smallest absolute Gasteiger partial charge is 0.161 e. The molecular formula is C16H23N3O. The van der Waals surface area contributed by atoms with Gasteiger partial charge in [0, 0.05) is 42.1 Å². The highest BCUT2D eigenvalue weighted by atomic mass is 16.1. The summed E-state index contributed by atoms with van der Waals surface area (Å²) >= 11 is 0. The largest absolute Gasteiger partial charge is 0.398 e. The molecule has 2 aliphatic rings. The Morgan fingerprint density at radius 3 is 2.70 bits per heavy atom. The van der Waals surface area contributed by atoms with Gasteiger partial charge in [-0.3, -0.25) is 9.69 Å². The van der Waals surface area contributed by atoms with Gasteiger partial charge in [-0.2, -0.15) is 0 Å². The number of fused-ring (bicyclic) bond motifs is 2. The number of nitrogens with two attached hydrogens (primary N) is 1. The Kier molecular flexibility index (Phi) is 3.42. The normalized spacial score (nSPS) is 26.6. The van der Waals surface area contributed by atoms with Gasteiger partial charge in [0.2, 0.25) is 0 Å². The fraction of sp³-hybridized carbons (Fsp3) is 0.562. The second kappa shape index (κ2) is 5.09. The number of ketones is 1. The first kappa shape index (κ1) is 13.4. The van der Waals surface area contributed by atoms with Gasteiger partial charge in [-0.05, 0) is 51.4 Å². The lowest BCUT2D eigenvalue weighted by molar-refractivity contribution is 0.101. The van der Waals surface area contributed by atoms with Gasteiger partial charge in [-0.25, -0.2) is 0 Å². The summed E-state index contributed by atoms with van der Waals surface area (Å²) < 4.78 is 0. The van der Waals surface area contributed by atoms with Gasteiger partial charge in [0.15, 0.2) is 5.78 Å². The Morgan fingerprint density at radius 2 is 2.00 bits per heavy atom. The summed E-state index contributed by atoms with van der Waals surface area (Å²) in [6, 6.07) is 7.23. The molecule has 2 saturated heterocycles. The van der Waals surface area contributed by atoms with E-state index in [0.29, 0.717) is 17.3 Å². The summed E-state index contributed by atoms with van der Waals surface area (Å²) in [5.41, 5.74) is 8.38. The van der Waals surface area contributed by atoms with E-state index < -0.39 is 0 Å². The number of likely N-dealkylation sites (N-methyl/N-ethyl adjacent to an activating group) is 1. The van der Waals surface area contributed by atoms with Crippen LogP contribution in [-0.2, 0) is 0 Å². The predicted octanol–water partition coefficient (Wildman–Crippen LogP) is 2.14. The van der Waals surface area contributed by atoms with E-state index >= 15 is 0 Å². The summed E-state index contributed by atoms with van der Waals surface area (Å²) in [7, 11) is 2.25. The lowest BCUT2D eigenvalue weighted by Gasteiger charge is -2.28. The predicted molar refractivity (Wildman–Crippen MR) is 82.3 cm³/mol. The third-order valence-corrected chi connectivity index (χ3v) is 4.93. The van der Waals surface area contributed by atoms with Gasteiger partial charge in [0.05, 0.1) is 0 Å². The number of benzene rings is 1. The minimum absolute atomic E-state index is 0.0312. The zero-order valence-electron chi connectivity index (χ0n) is 12.3. The lowest BCUT2D eigenvalue weighted by Crippen LogP contribution is -2.36. The maximum Gasteiger partial charge on any atom is 0.161 e. The van der Waals surface area contributed by atoms with Gasteiger partial charge in [0.1, 0.15) is 0 Å². The molecular weight excluding hydrogens is 250 g/mol. The third-order valence-electron chi connectivity index (χ3n) is 4.93. The molecule has 2 aliphatic heterocycles. The average Bonchev–Trinajstić information content (AvgIpc) is 2.62. The van der Waals surface area contributed by atoms with E-state index in [2.05, 4.69) is 16.8 Å². The standard InChI is InChI=1S/C16H23N3O/c1-11(20)15-6-5-13(9-16(15)17)19-8-7-12-3-4-14(10-19)18(12)2/h5-6,9,12,14H,3-4,7-8,10,17H2,1-2H3. The molecule has 0 aliphatic carbocycles. The van der Waals surface area contributed by atoms with Crippen LogP contribution in [0.2, 0.25) is 0 Å². The molecule has 2 N–H and O–H groups in total. The average molecular weight is 273 g/mol. The summed E-state index contributed by atoms with van der Waals surface area (Å²) in [6.45, 7) is 3.70. The number of nitrogen functional groups attached to an aromatic ring is 1. The molecule has 0 amide bonds. The number of hydrogen-bond acceptors (Lipinski definition) is 4. The minimum Gasteiger partial charge on any atom is -0.398 e. The van der Waals surface area contributed by atoms with Crippen molar-refractivity contribution in [2.45, 2.75) is 38.3 Å². The maximum absolute atomic E-state index is 11.5. The zero-order valence-corrected chi connectivity index (χ0v) is 12.3. The van der Waals surface area contributed by atoms with Crippen LogP contribution in [-0.4, -0.2) is 42.9 Å². The first-order chi connectivity index (χ1) is 9.56. The van der Waals surface area contributed by atoms with E-state index in [1.807, 2.05) is 18.2 Å². The number of carbonyl (C=O) groups excluding carboxylic acids is 1. The Morgan fingerprint density at radius 1 is 1.25 bits per heavy atom. The van der Waals surface area contributed by atoms with E-state index in [0.717, 1.165) is 24.8 Å². The maximum atomic E-state index is 11.5. The van der Waals surface area contributed by atoms with Crippen LogP contribution < -0.4 is 10.6 Å². The quantitative estimate of drug-likeness (QED) is 0.662. The summed E-state index contributed by atoms with van der Waals surface area (Å²) in [5.74, 6) is 0.0312. The van der Waals surface area contributed by atoms with E-state index in [4.69, 9.17) is 5.73 Å². The van der Waals surface area contributed by atoms with Crippen molar-refractivity contribution >= 4 is 17.2 Å². The fourth-order valence-electron chi connectivity index (χ4n) is 3.61. The first-order valence-electron chi connectivity index (χ1n) is 7.43. The minimum atomic E-state index is 0.0312. The summed E-state index contributed by atoms with van der Waals surface area (Å²) in [5, 5.41) is 0. The molecule has 0 saturated carbocycles. The Bertz CT molecular complexity index is 528. The van der Waals surface area contributed by atoms with Gasteiger partial charge >= 0.3 is 0 Å². The molecule has 108 valence electrons. The van der Waals surface area contributed by atoms with Crippen molar-refractivity contribution in [3.05, 3.63) is 23.8 Å². The van der Waals surface area contributed by atoms with Crippen LogP contribution in [0.1, 0.15) is 36.5 Å². The number of nitrogens with zero attached hydrogens (tertiary/aromatic N) is 2. The molecule has 1 aromatic carbocycles. The molecule has 20 heavy (non-hydrogen) atoms. The fourth-order valence-corrected chi connectivity index (χ4v) is 3.61. The van der Waals surface area contributed by atoms with Crippen molar-refractivity contribution in [1.29, 1.82) is 0 Å². The van der Waals surface area contributed by atoms with Crippen LogP contribution in [0.25, 0.3) is 0 Å². The van der Waals surface area contributed by atoms with Crippen molar-refractivity contribution in [2.75, 3.05) is 30.8 Å². The first-order valence-corrected chi connectivity index (χ1v) is 7.43. The SMILES string of the molecule is CC(=O)c1ccc(N2CCC3CCC(C2)N3C)cc1N. The molecule has 0 radical (unpaired) electrons. The van der Waals surface area contributed by atoms with Crippen LogP contribution in [0, 0.1) is 0 Å². The molecule has 3 rings (SSSR count). The van der Waals surface area contributed by atoms with Gasteiger partial charge in [-0.15, -0.1) is 0 Å². The topological polar surface area (TPSA) is 49.6 Å². The molecule has 2 heterocycles. The molecule has 0 spiro atoms. The Hall–Kier alpha value is -1.55. The van der Waals surface area contributed by atoms with Crippen molar-refractivity contribution in [3.8, 4) is 0 Å². The Labute approximate surface area is 120 Å². The summed E-state index contributed by atoms with van der Waals surface area (Å²) in [6.07, 6.45) is 3.83. The Balaban J connectivity index is 1.83. The van der Waals surface area contributed by atoms with E-state index in [1.54, 1.807) is 6.92 Å². The molecule has 0 aromatic heterocycles. The molecule has 2 atom stereocenters. The van der Waals surface area contributed by atoms with E-state index in [1.165, 1.54) is 19.3 Å². The van der Waals surface area contributed by atoms with E-state index in [-0.39, 0.29) is 5.78 Å². The molecule has 2 unspecified atom stereocenters. The highest BCUT2D eigenvalue weighted by Crippen LogP contribution is 2.31. The van der Waals surface area contributed by atoms with Crippen molar-refractivity contribution in [2.24, 2.45) is 0 Å². The van der Waals surface area contributed by atoms with Crippen molar-refractivity contribution < 1.29 is 4.79 Å². The van der Waals surface area contributed by atoms with Crippen molar-refractivity contribution in [3.63, 3.8) is 0 Å². The number of anilines is 2. The van der Waals surface area contributed by atoms with Crippen LogP contribution in [0.4, 0.5) is 11.4 Å². The van der Waals surface area contributed by atoms with Crippen molar-refractivity contribution in [1.82, 2.24) is 4.90 Å². The molecule has 2 bridgehead atoms. The molecule has 4 heteroatoms. The van der Waals surface area contributed by atoms with Crippen LogP contribution in [0.5, 0.6) is 0 Å². The number of Topliss-reactive ketones (excluding diaryl/α,β-unsaturated/α-hetero) is 1. The summed E-state index contributed by atoms with van der Waals surface area (Å²) in [4.78, 5) is 16.4. The third kappa shape index (κ3) is 2.29. The second-order valence-electron chi connectivity index (χ2n) is 6.11.